The number of amides is 2. The fraction of sp³-hybridized carbons (Fsp3) is 0.400. The monoisotopic (exact) mass is 433 g/mol. The van der Waals surface area contributed by atoms with Crippen molar-refractivity contribution in [3.8, 4) is 11.6 Å². The van der Waals surface area contributed by atoms with Crippen LogP contribution in [-0.4, -0.2) is 48.6 Å². The highest BCUT2D eigenvalue weighted by Crippen LogP contribution is 2.22. The minimum Gasteiger partial charge on any atom is -0.484 e. The molecule has 0 saturated carbocycles. The van der Waals surface area contributed by atoms with E-state index in [0.29, 0.717) is 35.6 Å². The van der Waals surface area contributed by atoms with Crippen LogP contribution in [0.3, 0.4) is 0 Å². The Balaban J connectivity index is 1.48. The summed E-state index contributed by atoms with van der Waals surface area (Å²) < 4.78 is 10.6. The van der Waals surface area contributed by atoms with Gasteiger partial charge in [0.15, 0.2) is 6.61 Å². The molecular weight excluding hydrogens is 410 g/mol. The number of nitrogens with one attached hydrogen (secondary N) is 2. The van der Waals surface area contributed by atoms with Gasteiger partial charge in [0.25, 0.3) is 5.91 Å². The number of hydrogen-bond donors (Lipinski definition) is 2. The second-order valence-electron chi connectivity index (χ2n) is 6.92. The van der Waals surface area contributed by atoms with E-state index >= 15 is 0 Å². The van der Waals surface area contributed by atoms with E-state index in [0.717, 1.165) is 18.7 Å². The average molecular weight is 434 g/mol. The molecule has 0 aliphatic carbocycles. The van der Waals surface area contributed by atoms with Gasteiger partial charge in [0.1, 0.15) is 5.75 Å². The van der Waals surface area contributed by atoms with Crippen LogP contribution in [0.5, 0.6) is 11.6 Å². The second kappa shape index (κ2) is 10.1. The largest absolute Gasteiger partial charge is 0.484 e. The molecule has 0 unspecified atom stereocenters. The Labute approximate surface area is 179 Å². The number of carbonyl (C=O) groups is 2. The van der Waals surface area contributed by atoms with Gasteiger partial charge in [-0.25, -0.2) is 4.98 Å². The molecule has 9 nitrogen and oxygen atoms in total. The van der Waals surface area contributed by atoms with Crippen LogP contribution in [0, 0.1) is 12.8 Å². The first kappa shape index (κ1) is 21.6. The van der Waals surface area contributed by atoms with Crippen molar-refractivity contribution in [3.05, 3.63) is 41.0 Å². The lowest BCUT2D eigenvalue weighted by Crippen LogP contribution is -2.50. The molecule has 1 fully saturated rings. The summed E-state index contributed by atoms with van der Waals surface area (Å²) >= 11 is 5.81. The molecule has 1 aromatic heterocycles. The number of anilines is 1. The highest BCUT2D eigenvalue weighted by Gasteiger charge is 2.27. The summed E-state index contributed by atoms with van der Waals surface area (Å²) in [7, 11) is 1.55. The van der Waals surface area contributed by atoms with Crippen molar-refractivity contribution < 1.29 is 19.1 Å². The molecule has 0 spiro atoms. The van der Waals surface area contributed by atoms with Gasteiger partial charge >= 0.3 is 0 Å². The molecule has 0 radical (unpaired) electrons. The molecule has 2 N–H and O–H groups in total. The van der Waals surface area contributed by atoms with Crippen LogP contribution in [0.15, 0.2) is 30.3 Å². The van der Waals surface area contributed by atoms with E-state index in [2.05, 4.69) is 20.8 Å². The van der Waals surface area contributed by atoms with Crippen molar-refractivity contribution in [3.63, 3.8) is 0 Å². The third-order valence-corrected chi connectivity index (χ3v) is 4.86. The molecular formula is C20H24ClN5O4. The lowest BCUT2D eigenvalue weighted by Gasteiger charge is -2.32. The molecule has 0 bridgehead atoms. The van der Waals surface area contributed by atoms with Gasteiger partial charge < -0.3 is 14.4 Å². The minimum atomic E-state index is -0.460. The average Bonchev–Trinajstić information content (AvgIpc) is 2.76. The molecule has 2 aromatic rings. The molecule has 1 saturated heterocycles. The summed E-state index contributed by atoms with van der Waals surface area (Å²) in [5.41, 5.74) is 5.64. The number of piperidine rings is 1. The topological polar surface area (TPSA) is 106 Å². The summed E-state index contributed by atoms with van der Waals surface area (Å²) in [5.74, 6) is 0.502. The van der Waals surface area contributed by atoms with Crippen LogP contribution in [0.4, 0.5) is 5.95 Å². The number of carbonyl (C=O) groups excluding carboxylic acids is 2. The number of aromatic nitrogens is 2. The first-order valence-electron chi connectivity index (χ1n) is 9.56. The zero-order valence-electron chi connectivity index (χ0n) is 16.9. The molecule has 30 heavy (non-hydrogen) atoms. The Morgan fingerprint density at radius 3 is 2.73 bits per heavy atom. The highest BCUT2D eigenvalue weighted by molar-refractivity contribution is 6.30. The summed E-state index contributed by atoms with van der Waals surface area (Å²) in [5, 5.41) is 0.579. The normalized spacial score (nSPS) is 16.0. The lowest BCUT2D eigenvalue weighted by atomic mass is 9.98. The van der Waals surface area contributed by atoms with Crippen LogP contribution < -0.4 is 25.2 Å². The fourth-order valence-electron chi connectivity index (χ4n) is 3.09. The number of hydrazine groups is 1. The van der Waals surface area contributed by atoms with Crippen molar-refractivity contribution >= 4 is 29.4 Å². The van der Waals surface area contributed by atoms with E-state index in [1.165, 1.54) is 0 Å². The van der Waals surface area contributed by atoms with Gasteiger partial charge in [0.05, 0.1) is 13.0 Å². The number of aryl methyl sites for hydroxylation is 1. The van der Waals surface area contributed by atoms with Crippen LogP contribution in [0.25, 0.3) is 0 Å². The van der Waals surface area contributed by atoms with Gasteiger partial charge in [0.2, 0.25) is 17.7 Å². The number of ether oxygens (including phenoxy) is 2. The first-order chi connectivity index (χ1) is 14.4. The van der Waals surface area contributed by atoms with Crippen molar-refractivity contribution in [2.45, 2.75) is 19.8 Å². The Bertz CT molecular complexity index is 893. The van der Waals surface area contributed by atoms with Crippen molar-refractivity contribution in [1.82, 2.24) is 20.8 Å². The molecule has 160 valence electrons. The molecule has 10 heteroatoms. The van der Waals surface area contributed by atoms with Crippen molar-refractivity contribution in [2.24, 2.45) is 5.92 Å². The number of hydrogen-bond acceptors (Lipinski definition) is 7. The molecule has 1 atom stereocenters. The van der Waals surface area contributed by atoms with E-state index in [-0.39, 0.29) is 18.4 Å². The van der Waals surface area contributed by atoms with E-state index in [9.17, 15) is 9.59 Å². The molecule has 1 aliphatic heterocycles. The third-order valence-electron chi connectivity index (χ3n) is 4.61. The predicted octanol–water partition coefficient (Wildman–Crippen LogP) is 1.89. The second-order valence-corrected chi connectivity index (χ2v) is 7.35. The quantitative estimate of drug-likeness (QED) is 0.670. The van der Waals surface area contributed by atoms with Gasteiger partial charge in [-0.05, 0) is 44.0 Å². The molecule has 1 aromatic carbocycles. The molecule has 2 heterocycles. The van der Waals surface area contributed by atoms with Gasteiger partial charge in [0, 0.05) is 29.9 Å². The number of nitrogens with zero attached hydrogens (tertiary/aromatic N) is 3. The Morgan fingerprint density at radius 2 is 2.00 bits per heavy atom. The molecule has 2 amide bonds. The molecule has 1 aliphatic rings. The highest BCUT2D eigenvalue weighted by atomic mass is 35.5. The van der Waals surface area contributed by atoms with Gasteiger partial charge in [-0.15, -0.1) is 0 Å². The van der Waals surface area contributed by atoms with Crippen LogP contribution in [0.1, 0.15) is 18.5 Å². The van der Waals surface area contributed by atoms with Gasteiger partial charge in [-0.2, -0.15) is 4.98 Å². The zero-order valence-corrected chi connectivity index (χ0v) is 17.6. The van der Waals surface area contributed by atoms with Crippen molar-refractivity contribution in [2.75, 3.05) is 31.7 Å². The Morgan fingerprint density at radius 1 is 1.23 bits per heavy atom. The summed E-state index contributed by atoms with van der Waals surface area (Å²) in [6.07, 6.45) is 1.52. The minimum absolute atomic E-state index is 0.227. The first-order valence-corrected chi connectivity index (χ1v) is 9.94. The summed E-state index contributed by atoms with van der Waals surface area (Å²) in [6, 6.07) is 8.40. The van der Waals surface area contributed by atoms with Crippen molar-refractivity contribution in [1.29, 1.82) is 0 Å². The van der Waals surface area contributed by atoms with E-state index < -0.39 is 5.91 Å². The van der Waals surface area contributed by atoms with Gasteiger partial charge in [-0.1, -0.05) is 11.6 Å². The van der Waals surface area contributed by atoms with E-state index in [4.69, 9.17) is 21.1 Å². The summed E-state index contributed by atoms with van der Waals surface area (Å²) in [6.45, 7) is 2.84. The lowest BCUT2D eigenvalue weighted by molar-refractivity contribution is -0.132. The van der Waals surface area contributed by atoms with E-state index in [1.807, 2.05) is 11.8 Å². The van der Waals surface area contributed by atoms with Gasteiger partial charge in [-0.3, -0.25) is 20.4 Å². The fourth-order valence-corrected chi connectivity index (χ4v) is 3.22. The van der Waals surface area contributed by atoms with E-state index in [1.54, 1.807) is 37.4 Å². The van der Waals surface area contributed by atoms with Crippen LogP contribution >= 0.6 is 11.6 Å². The Kier molecular flexibility index (Phi) is 7.29. The zero-order chi connectivity index (χ0) is 21.5. The maximum Gasteiger partial charge on any atom is 0.276 e. The predicted molar refractivity (Wildman–Crippen MR) is 111 cm³/mol. The number of benzene rings is 1. The molecule has 3 rings (SSSR count). The maximum absolute atomic E-state index is 12.5. The SMILES string of the molecule is COc1cc(C)nc(N2CCC[C@H](C(=O)NNC(=O)COc3ccc(Cl)cc3)C2)n1. The maximum atomic E-state index is 12.5. The smallest absolute Gasteiger partial charge is 0.276 e. The third kappa shape index (κ3) is 5.96. The van der Waals surface area contributed by atoms with Crippen LogP contribution in [-0.2, 0) is 9.59 Å². The number of rotatable bonds is 6. The van der Waals surface area contributed by atoms with Crippen LogP contribution in [0.2, 0.25) is 5.02 Å². The Hall–Kier alpha value is -3.07. The standard InChI is InChI=1S/C20H24ClN5O4/c1-13-10-18(29-2)23-20(22-13)26-9-3-4-14(11-26)19(28)25-24-17(27)12-30-16-7-5-15(21)6-8-16/h5-8,10,14H,3-4,9,11-12H2,1-2H3,(H,24,27)(H,25,28)/t14-/m0/s1. The summed E-state index contributed by atoms with van der Waals surface area (Å²) in [4.78, 5) is 35.2. The number of methoxy groups -OCH3 is 1. The number of halogens is 1.